The molecule has 2 aromatic rings. The summed E-state index contributed by atoms with van der Waals surface area (Å²) < 4.78 is 5.56. The lowest BCUT2D eigenvalue weighted by Gasteiger charge is -2.42. The Labute approximate surface area is 125 Å². The van der Waals surface area contributed by atoms with Crippen LogP contribution in [0.25, 0.3) is 0 Å². The molecule has 0 bridgehead atoms. The summed E-state index contributed by atoms with van der Waals surface area (Å²) in [5.41, 5.74) is 14.7. The third-order valence-corrected chi connectivity index (χ3v) is 4.54. The van der Waals surface area contributed by atoms with Gasteiger partial charge in [0.1, 0.15) is 5.82 Å². The largest absolute Gasteiger partial charge is 0.383 e. The molecule has 2 heterocycles. The Morgan fingerprint density at radius 1 is 1.05 bits per heavy atom. The zero-order valence-corrected chi connectivity index (χ0v) is 12.0. The fourth-order valence-electron chi connectivity index (χ4n) is 3.28. The van der Waals surface area contributed by atoms with Crippen LogP contribution in [0.4, 0.5) is 5.82 Å². The third kappa shape index (κ3) is 2.52. The number of pyridine rings is 1. The summed E-state index contributed by atoms with van der Waals surface area (Å²) in [6.07, 6.45) is 3.49. The predicted molar refractivity (Wildman–Crippen MR) is 83.8 cm³/mol. The van der Waals surface area contributed by atoms with Gasteiger partial charge in [-0.05, 0) is 24.5 Å². The van der Waals surface area contributed by atoms with Gasteiger partial charge in [0.25, 0.3) is 0 Å². The second-order valence-corrected chi connectivity index (χ2v) is 5.59. The van der Waals surface area contributed by atoms with E-state index in [1.807, 2.05) is 18.2 Å². The van der Waals surface area contributed by atoms with Crippen molar-refractivity contribution in [3.63, 3.8) is 0 Å². The van der Waals surface area contributed by atoms with E-state index in [4.69, 9.17) is 16.2 Å². The smallest absolute Gasteiger partial charge is 0.128 e. The molecule has 1 aliphatic heterocycles. The molecule has 0 aliphatic carbocycles. The predicted octanol–water partition coefficient (Wildman–Crippen LogP) is 2.41. The second-order valence-electron chi connectivity index (χ2n) is 5.59. The van der Waals surface area contributed by atoms with Gasteiger partial charge in [0.2, 0.25) is 0 Å². The van der Waals surface area contributed by atoms with Crippen molar-refractivity contribution in [2.45, 2.75) is 24.3 Å². The van der Waals surface area contributed by atoms with Gasteiger partial charge in [0.05, 0.1) is 0 Å². The first-order valence-electron chi connectivity index (χ1n) is 7.33. The summed E-state index contributed by atoms with van der Waals surface area (Å²) in [6.45, 7) is 1.45. The van der Waals surface area contributed by atoms with Gasteiger partial charge in [-0.15, -0.1) is 0 Å². The Morgan fingerprint density at radius 3 is 2.43 bits per heavy atom. The lowest BCUT2D eigenvalue weighted by atomic mass is 9.67. The molecule has 1 fully saturated rings. The SMILES string of the molecule is Nc1ncccc1C(N)C1(c2ccccc2)CCOCC1. The van der Waals surface area contributed by atoms with Crippen molar-refractivity contribution in [2.75, 3.05) is 18.9 Å². The van der Waals surface area contributed by atoms with Gasteiger partial charge in [-0.1, -0.05) is 36.4 Å². The van der Waals surface area contributed by atoms with E-state index in [1.165, 1.54) is 5.56 Å². The Kier molecular flexibility index (Phi) is 3.90. The minimum Gasteiger partial charge on any atom is -0.383 e. The van der Waals surface area contributed by atoms with Gasteiger partial charge < -0.3 is 16.2 Å². The monoisotopic (exact) mass is 283 g/mol. The van der Waals surface area contributed by atoms with Gasteiger partial charge >= 0.3 is 0 Å². The Balaban J connectivity index is 2.06. The number of nitrogens with two attached hydrogens (primary N) is 2. The van der Waals surface area contributed by atoms with Crippen LogP contribution in [0.15, 0.2) is 48.7 Å². The van der Waals surface area contributed by atoms with E-state index in [9.17, 15) is 0 Å². The van der Waals surface area contributed by atoms with E-state index in [-0.39, 0.29) is 11.5 Å². The van der Waals surface area contributed by atoms with Gasteiger partial charge in [-0.25, -0.2) is 4.98 Å². The molecule has 3 rings (SSSR count). The Hall–Kier alpha value is -1.91. The van der Waals surface area contributed by atoms with Crippen LogP contribution in [-0.2, 0) is 10.2 Å². The molecule has 0 spiro atoms. The highest BCUT2D eigenvalue weighted by molar-refractivity contribution is 5.44. The maximum atomic E-state index is 6.66. The molecular weight excluding hydrogens is 262 g/mol. The molecule has 0 radical (unpaired) electrons. The fraction of sp³-hybridized carbons (Fsp3) is 0.353. The normalized spacial score (nSPS) is 19.1. The molecule has 1 saturated heterocycles. The van der Waals surface area contributed by atoms with Crippen molar-refractivity contribution in [1.82, 2.24) is 4.98 Å². The lowest BCUT2D eigenvalue weighted by Crippen LogP contribution is -2.43. The summed E-state index contributed by atoms with van der Waals surface area (Å²) in [5, 5.41) is 0. The van der Waals surface area contributed by atoms with Crippen LogP contribution in [0.1, 0.15) is 30.0 Å². The van der Waals surface area contributed by atoms with E-state index in [0.717, 1.165) is 31.6 Å². The summed E-state index contributed by atoms with van der Waals surface area (Å²) in [4.78, 5) is 4.19. The Morgan fingerprint density at radius 2 is 1.76 bits per heavy atom. The molecule has 1 aromatic carbocycles. The molecule has 1 unspecified atom stereocenters. The lowest BCUT2D eigenvalue weighted by molar-refractivity contribution is 0.0398. The van der Waals surface area contributed by atoms with E-state index < -0.39 is 0 Å². The maximum absolute atomic E-state index is 6.66. The van der Waals surface area contributed by atoms with E-state index in [1.54, 1.807) is 6.20 Å². The number of anilines is 1. The molecule has 1 atom stereocenters. The number of hydrogen-bond acceptors (Lipinski definition) is 4. The number of rotatable bonds is 3. The van der Waals surface area contributed by atoms with Crippen molar-refractivity contribution in [3.8, 4) is 0 Å². The molecule has 0 amide bonds. The van der Waals surface area contributed by atoms with Crippen molar-refractivity contribution < 1.29 is 4.74 Å². The van der Waals surface area contributed by atoms with Crippen LogP contribution in [0, 0.1) is 0 Å². The minimum atomic E-state index is -0.183. The fourth-order valence-corrected chi connectivity index (χ4v) is 3.28. The zero-order chi connectivity index (χ0) is 14.7. The van der Waals surface area contributed by atoms with Crippen LogP contribution in [0.2, 0.25) is 0 Å². The maximum Gasteiger partial charge on any atom is 0.128 e. The summed E-state index contributed by atoms with van der Waals surface area (Å²) in [7, 11) is 0. The van der Waals surface area contributed by atoms with Crippen LogP contribution >= 0.6 is 0 Å². The zero-order valence-electron chi connectivity index (χ0n) is 12.0. The van der Waals surface area contributed by atoms with Crippen LogP contribution in [0.5, 0.6) is 0 Å². The molecule has 21 heavy (non-hydrogen) atoms. The molecule has 0 saturated carbocycles. The van der Waals surface area contributed by atoms with Gasteiger partial charge in [0, 0.05) is 36.4 Å². The van der Waals surface area contributed by atoms with Crippen molar-refractivity contribution >= 4 is 5.82 Å². The van der Waals surface area contributed by atoms with Gasteiger partial charge in [-0.3, -0.25) is 0 Å². The van der Waals surface area contributed by atoms with E-state index >= 15 is 0 Å². The van der Waals surface area contributed by atoms with E-state index in [2.05, 4.69) is 29.2 Å². The van der Waals surface area contributed by atoms with Crippen molar-refractivity contribution in [3.05, 3.63) is 59.8 Å². The third-order valence-electron chi connectivity index (χ3n) is 4.54. The average Bonchev–Trinajstić information content (AvgIpc) is 2.56. The summed E-state index contributed by atoms with van der Waals surface area (Å²) in [5.74, 6) is 0.520. The van der Waals surface area contributed by atoms with Crippen molar-refractivity contribution in [1.29, 1.82) is 0 Å². The molecule has 4 heteroatoms. The highest BCUT2D eigenvalue weighted by atomic mass is 16.5. The van der Waals surface area contributed by atoms with Gasteiger partial charge in [0.15, 0.2) is 0 Å². The number of ether oxygens (including phenoxy) is 1. The van der Waals surface area contributed by atoms with Gasteiger partial charge in [-0.2, -0.15) is 0 Å². The summed E-state index contributed by atoms with van der Waals surface area (Å²) in [6, 6.07) is 14.1. The molecular formula is C17H21N3O. The first-order chi connectivity index (χ1) is 10.2. The highest BCUT2D eigenvalue weighted by Gasteiger charge is 2.41. The first kappa shape index (κ1) is 14.0. The van der Waals surface area contributed by atoms with E-state index in [0.29, 0.717) is 5.82 Å². The van der Waals surface area contributed by atoms with Crippen LogP contribution < -0.4 is 11.5 Å². The first-order valence-corrected chi connectivity index (χ1v) is 7.33. The topological polar surface area (TPSA) is 74.2 Å². The average molecular weight is 283 g/mol. The Bertz CT molecular complexity index is 594. The van der Waals surface area contributed by atoms with Crippen LogP contribution in [0.3, 0.4) is 0 Å². The number of benzene rings is 1. The minimum absolute atomic E-state index is 0.142. The molecule has 110 valence electrons. The highest BCUT2D eigenvalue weighted by Crippen LogP contribution is 2.44. The quantitative estimate of drug-likeness (QED) is 0.907. The number of aromatic nitrogens is 1. The number of hydrogen-bond donors (Lipinski definition) is 2. The van der Waals surface area contributed by atoms with Crippen LogP contribution in [-0.4, -0.2) is 18.2 Å². The number of nitrogen functional groups attached to an aromatic ring is 1. The summed E-state index contributed by atoms with van der Waals surface area (Å²) >= 11 is 0. The second kappa shape index (κ2) is 5.84. The molecule has 4 N–H and O–H groups in total. The van der Waals surface area contributed by atoms with Crippen molar-refractivity contribution in [2.24, 2.45) is 5.73 Å². The molecule has 4 nitrogen and oxygen atoms in total. The molecule has 1 aromatic heterocycles. The molecule has 1 aliphatic rings. The standard InChI is InChI=1S/C17H21N3O/c18-15(14-7-4-10-20-16(14)19)17(8-11-21-12-9-17)13-5-2-1-3-6-13/h1-7,10,15H,8-9,11-12,18H2,(H2,19,20). The number of nitrogens with zero attached hydrogens (tertiary/aromatic N) is 1.